The Labute approximate surface area is 152 Å². The standard InChI is InChI=1S/C18H20N2O2S.C2H6/c19-18(21)17-12-14(10-11-20-17)13-6-8-16(9-7-13)23(22)15-4-2-1-3-5-15;1-2/h6-12,15H,1-5H2,(H2,19,21);1-2H3. The number of primary amides is 1. The second kappa shape index (κ2) is 9.47. The minimum atomic E-state index is -0.933. The van der Waals surface area contributed by atoms with E-state index < -0.39 is 16.7 Å². The molecule has 1 aromatic heterocycles. The summed E-state index contributed by atoms with van der Waals surface area (Å²) in [7, 11) is -0.933. The topological polar surface area (TPSA) is 73.1 Å². The number of hydrogen-bond donors (Lipinski definition) is 1. The summed E-state index contributed by atoms with van der Waals surface area (Å²) in [5.41, 5.74) is 7.35. The van der Waals surface area contributed by atoms with Crippen LogP contribution in [0.3, 0.4) is 0 Å². The smallest absolute Gasteiger partial charge is 0.267 e. The van der Waals surface area contributed by atoms with Crippen LogP contribution in [0.1, 0.15) is 56.4 Å². The van der Waals surface area contributed by atoms with Gasteiger partial charge in [-0.1, -0.05) is 45.2 Å². The predicted octanol–water partition coefficient (Wildman–Crippen LogP) is 4.31. The first-order valence-corrected chi connectivity index (χ1v) is 10.1. The van der Waals surface area contributed by atoms with E-state index in [0.717, 1.165) is 28.9 Å². The Bertz CT molecular complexity index is 723. The molecule has 4 nitrogen and oxygen atoms in total. The molecule has 1 aliphatic carbocycles. The van der Waals surface area contributed by atoms with Crippen molar-refractivity contribution in [3.05, 3.63) is 48.3 Å². The van der Waals surface area contributed by atoms with Gasteiger partial charge in [0.15, 0.2) is 0 Å². The van der Waals surface area contributed by atoms with Crippen LogP contribution in [-0.2, 0) is 10.8 Å². The molecule has 0 radical (unpaired) electrons. The van der Waals surface area contributed by atoms with E-state index in [0.29, 0.717) is 0 Å². The number of aromatic nitrogens is 1. The van der Waals surface area contributed by atoms with Gasteiger partial charge in [0.2, 0.25) is 0 Å². The van der Waals surface area contributed by atoms with E-state index in [1.54, 1.807) is 12.3 Å². The maximum atomic E-state index is 12.6. The molecule has 1 unspecified atom stereocenters. The van der Waals surface area contributed by atoms with E-state index in [4.69, 9.17) is 5.73 Å². The van der Waals surface area contributed by atoms with Gasteiger partial charge in [0.1, 0.15) is 5.69 Å². The summed E-state index contributed by atoms with van der Waals surface area (Å²) in [5.74, 6) is -0.540. The normalized spacial score (nSPS) is 15.8. The minimum absolute atomic E-state index is 0.248. The second-order valence-corrected chi connectivity index (χ2v) is 7.61. The number of pyridine rings is 1. The van der Waals surface area contributed by atoms with Crippen LogP contribution in [0.2, 0.25) is 0 Å². The van der Waals surface area contributed by atoms with Gasteiger partial charge in [-0.15, -0.1) is 0 Å². The fourth-order valence-electron chi connectivity index (χ4n) is 3.00. The third kappa shape index (κ3) is 4.98. The van der Waals surface area contributed by atoms with E-state index >= 15 is 0 Å². The summed E-state index contributed by atoms with van der Waals surface area (Å²) < 4.78 is 12.6. The third-order valence-corrected chi connectivity index (χ3v) is 6.10. The molecule has 0 bridgehead atoms. The summed E-state index contributed by atoms with van der Waals surface area (Å²) in [4.78, 5) is 16.1. The van der Waals surface area contributed by atoms with Gasteiger partial charge in [-0.2, -0.15) is 0 Å². The highest BCUT2D eigenvalue weighted by atomic mass is 32.2. The quantitative estimate of drug-likeness (QED) is 0.885. The average molecular weight is 359 g/mol. The van der Waals surface area contributed by atoms with Gasteiger partial charge in [0.05, 0.1) is 10.8 Å². The van der Waals surface area contributed by atoms with Gasteiger partial charge in [-0.05, 0) is 48.2 Å². The van der Waals surface area contributed by atoms with Crippen LogP contribution in [0.15, 0.2) is 47.5 Å². The fraction of sp³-hybridized carbons (Fsp3) is 0.400. The molecule has 1 fully saturated rings. The molecule has 25 heavy (non-hydrogen) atoms. The summed E-state index contributed by atoms with van der Waals surface area (Å²) >= 11 is 0. The average Bonchev–Trinajstić information content (AvgIpc) is 2.70. The number of benzene rings is 1. The van der Waals surface area contributed by atoms with Crippen LogP contribution in [0.5, 0.6) is 0 Å². The lowest BCUT2D eigenvalue weighted by molar-refractivity contribution is 0.0995. The molecule has 1 heterocycles. The lowest BCUT2D eigenvalue weighted by Gasteiger charge is -2.21. The Kier molecular flexibility index (Phi) is 7.31. The van der Waals surface area contributed by atoms with Crippen molar-refractivity contribution in [2.45, 2.75) is 56.1 Å². The van der Waals surface area contributed by atoms with Crippen LogP contribution in [-0.4, -0.2) is 20.3 Å². The van der Waals surface area contributed by atoms with Crippen molar-refractivity contribution in [1.29, 1.82) is 0 Å². The minimum Gasteiger partial charge on any atom is -0.364 e. The van der Waals surface area contributed by atoms with Crippen molar-refractivity contribution in [2.75, 3.05) is 0 Å². The molecule has 5 heteroatoms. The van der Waals surface area contributed by atoms with E-state index in [1.807, 2.05) is 44.2 Å². The fourth-order valence-corrected chi connectivity index (χ4v) is 4.55. The van der Waals surface area contributed by atoms with Crippen molar-refractivity contribution >= 4 is 16.7 Å². The highest BCUT2D eigenvalue weighted by Gasteiger charge is 2.21. The van der Waals surface area contributed by atoms with Gasteiger partial charge in [0, 0.05) is 16.3 Å². The molecule has 1 aromatic carbocycles. The molecule has 3 rings (SSSR count). The largest absolute Gasteiger partial charge is 0.364 e. The highest BCUT2D eigenvalue weighted by Crippen LogP contribution is 2.27. The number of nitrogens with two attached hydrogens (primary N) is 1. The predicted molar refractivity (Wildman–Crippen MR) is 103 cm³/mol. The molecular weight excluding hydrogens is 332 g/mol. The van der Waals surface area contributed by atoms with Gasteiger partial charge in [0.25, 0.3) is 5.91 Å². The third-order valence-electron chi connectivity index (χ3n) is 4.29. The highest BCUT2D eigenvalue weighted by molar-refractivity contribution is 7.85. The van der Waals surface area contributed by atoms with Gasteiger partial charge >= 0.3 is 0 Å². The molecule has 2 N–H and O–H groups in total. The maximum Gasteiger partial charge on any atom is 0.267 e. The Hall–Kier alpha value is -2.01. The van der Waals surface area contributed by atoms with Crippen molar-refractivity contribution < 1.29 is 9.00 Å². The van der Waals surface area contributed by atoms with Gasteiger partial charge < -0.3 is 5.73 Å². The summed E-state index contributed by atoms with van der Waals surface area (Å²) in [6.07, 6.45) is 7.31. The first-order chi connectivity index (χ1) is 12.1. The van der Waals surface area contributed by atoms with Crippen LogP contribution in [0.4, 0.5) is 0 Å². The van der Waals surface area contributed by atoms with Crippen molar-refractivity contribution in [3.63, 3.8) is 0 Å². The molecule has 1 saturated carbocycles. The molecule has 1 atom stereocenters. The Balaban J connectivity index is 0.00000109. The Morgan fingerprint density at radius 1 is 1.04 bits per heavy atom. The zero-order valence-electron chi connectivity index (χ0n) is 14.9. The molecule has 0 spiro atoms. The van der Waals surface area contributed by atoms with E-state index in [-0.39, 0.29) is 10.9 Å². The number of nitrogens with zero attached hydrogens (tertiary/aromatic N) is 1. The summed E-state index contributed by atoms with van der Waals surface area (Å²) in [6.45, 7) is 4.00. The van der Waals surface area contributed by atoms with Crippen LogP contribution < -0.4 is 5.73 Å². The van der Waals surface area contributed by atoms with Gasteiger partial charge in [-0.3, -0.25) is 14.0 Å². The van der Waals surface area contributed by atoms with Crippen LogP contribution in [0.25, 0.3) is 11.1 Å². The maximum absolute atomic E-state index is 12.6. The lowest BCUT2D eigenvalue weighted by Crippen LogP contribution is -2.18. The first-order valence-electron chi connectivity index (χ1n) is 8.92. The van der Waals surface area contributed by atoms with Gasteiger partial charge in [-0.25, -0.2) is 0 Å². The zero-order valence-corrected chi connectivity index (χ0v) is 15.7. The molecular formula is C20H26N2O2S. The number of amides is 1. The number of hydrogen-bond acceptors (Lipinski definition) is 3. The van der Waals surface area contributed by atoms with Crippen LogP contribution >= 0.6 is 0 Å². The molecule has 1 amide bonds. The van der Waals surface area contributed by atoms with E-state index in [9.17, 15) is 9.00 Å². The monoisotopic (exact) mass is 358 g/mol. The summed E-state index contributed by atoms with van der Waals surface area (Å²) in [5, 5.41) is 0.289. The molecule has 1 aliphatic rings. The first kappa shape index (κ1) is 19.3. The Morgan fingerprint density at radius 2 is 1.68 bits per heavy atom. The van der Waals surface area contributed by atoms with E-state index in [2.05, 4.69) is 4.98 Å². The molecule has 134 valence electrons. The molecule has 0 saturated heterocycles. The molecule has 0 aliphatic heterocycles. The second-order valence-electron chi connectivity index (χ2n) is 5.88. The number of carbonyl (C=O) groups excluding carboxylic acids is 1. The summed E-state index contributed by atoms with van der Waals surface area (Å²) in [6, 6.07) is 11.2. The van der Waals surface area contributed by atoms with Crippen molar-refractivity contribution in [1.82, 2.24) is 4.98 Å². The van der Waals surface area contributed by atoms with Crippen molar-refractivity contribution in [3.8, 4) is 11.1 Å². The lowest BCUT2D eigenvalue weighted by atomic mass is 10.0. The van der Waals surface area contributed by atoms with E-state index in [1.165, 1.54) is 19.3 Å². The Morgan fingerprint density at radius 3 is 2.28 bits per heavy atom. The number of carbonyl (C=O) groups is 1. The zero-order chi connectivity index (χ0) is 18.2. The molecule has 2 aromatic rings. The van der Waals surface area contributed by atoms with Crippen LogP contribution in [0, 0.1) is 0 Å². The number of rotatable bonds is 4. The SMILES string of the molecule is CC.NC(=O)c1cc(-c2ccc(S(=O)C3CCCCC3)cc2)ccn1. The van der Waals surface area contributed by atoms with Crippen molar-refractivity contribution in [2.24, 2.45) is 5.73 Å².